The first-order valence-electron chi connectivity index (χ1n) is 5.18. The first-order chi connectivity index (χ1) is 7.66. The van der Waals surface area contributed by atoms with Crippen LogP contribution in [0.5, 0.6) is 0 Å². The second-order valence-corrected chi connectivity index (χ2v) is 3.77. The Morgan fingerprint density at radius 2 is 1.50 bits per heavy atom. The number of ether oxygens (including phenoxy) is 2. The van der Waals surface area contributed by atoms with Crippen molar-refractivity contribution in [3.8, 4) is 0 Å². The van der Waals surface area contributed by atoms with Gasteiger partial charge in [-0.1, -0.05) is 0 Å². The maximum Gasteiger partial charge on any atom is 0.410 e. The Balaban J connectivity index is 1.77. The van der Waals surface area contributed by atoms with Gasteiger partial charge in [-0.3, -0.25) is 0 Å². The van der Waals surface area contributed by atoms with E-state index in [9.17, 15) is 14.7 Å². The molecular formula is C9H14N2O5. The van der Waals surface area contributed by atoms with Crippen molar-refractivity contribution in [3.05, 3.63) is 0 Å². The minimum atomic E-state index is -0.767. The smallest absolute Gasteiger partial charge is 0.410 e. The lowest BCUT2D eigenvalue weighted by atomic mass is 10.3. The van der Waals surface area contributed by atoms with Gasteiger partial charge in [-0.2, -0.15) is 0 Å². The van der Waals surface area contributed by atoms with Crippen LogP contribution in [0.2, 0.25) is 0 Å². The Kier molecular flexibility index (Phi) is 3.14. The Morgan fingerprint density at radius 1 is 1.06 bits per heavy atom. The van der Waals surface area contributed by atoms with Gasteiger partial charge in [0.1, 0.15) is 13.2 Å². The van der Waals surface area contributed by atoms with Crippen LogP contribution in [0.3, 0.4) is 0 Å². The third kappa shape index (κ3) is 2.35. The molecule has 2 fully saturated rings. The molecule has 0 saturated carbocycles. The van der Waals surface area contributed by atoms with Crippen molar-refractivity contribution in [3.63, 3.8) is 0 Å². The van der Waals surface area contributed by atoms with Crippen molar-refractivity contribution in [1.29, 1.82) is 0 Å². The number of hydrogen-bond donors (Lipinski definition) is 1. The zero-order valence-electron chi connectivity index (χ0n) is 8.79. The van der Waals surface area contributed by atoms with Gasteiger partial charge >= 0.3 is 12.2 Å². The van der Waals surface area contributed by atoms with Crippen LogP contribution in [0.1, 0.15) is 0 Å². The molecule has 0 radical (unpaired) electrons. The maximum absolute atomic E-state index is 11.1. The van der Waals surface area contributed by atoms with Gasteiger partial charge < -0.3 is 24.4 Å². The van der Waals surface area contributed by atoms with E-state index in [4.69, 9.17) is 9.47 Å². The summed E-state index contributed by atoms with van der Waals surface area (Å²) in [6.07, 6.45) is -1.60. The minimum Gasteiger partial charge on any atom is -0.448 e. The zero-order chi connectivity index (χ0) is 11.5. The Morgan fingerprint density at radius 3 is 1.81 bits per heavy atom. The molecule has 7 nitrogen and oxygen atoms in total. The third-order valence-corrected chi connectivity index (χ3v) is 2.55. The molecule has 2 amide bonds. The quantitative estimate of drug-likeness (QED) is 0.687. The highest BCUT2D eigenvalue weighted by atomic mass is 16.6. The highest BCUT2D eigenvalue weighted by Gasteiger charge is 2.28. The zero-order valence-corrected chi connectivity index (χ0v) is 8.79. The molecule has 0 aromatic carbocycles. The number of cyclic esters (lactones) is 2. The molecule has 0 aliphatic carbocycles. The van der Waals surface area contributed by atoms with E-state index in [1.54, 1.807) is 0 Å². The van der Waals surface area contributed by atoms with E-state index >= 15 is 0 Å². The molecule has 0 atom stereocenters. The summed E-state index contributed by atoms with van der Waals surface area (Å²) in [6, 6.07) is 0. The topological polar surface area (TPSA) is 79.3 Å². The SMILES string of the molecule is O=C1OCCN1CC(O)CN1CCOC1=O. The van der Waals surface area contributed by atoms with Crippen LogP contribution in [-0.4, -0.2) is 72.6 Å². The third-order valence-electron chi connectivity index (χ3n) is 2.55. The number of aliphatic hydroxyl groups excluding tert-OH is 1. The molecule has 90 valence electrons. The summed E-state index contributed by atoms with van der Waals surface area (Å²) in [6.45, 7) is 2.06. The molecule has 2 heterocycles. The van der Waals surface area contributed by atoms with Crippen LogP contribution in [0.15, 0.2) is 0 Å². The Hall–Kier alpha value is -1.50. The van der Waals surface area contributed by atoms with Crippen LogP contribution >= 0.6 is 0 Å². The molecule has 0 unspecified atom stereocenters. The van der Waals surface area contributed by atoms with Crippen molar-refractivity contribution < 1.29 is 24.2 Å². The lowest BCUT2D eigenvalue weighted by Gasteiger charge is -2.21. The number of β-amino-alcohol motifs (C(OH)–C–C–N with tert-alkyl or cyclic N) is 1. The van der Waals surface area contributed by atoms with E-state index in [1.807, 2.05) is 0 Å². The number of rotatable bonds is 4. The van der Waals surface area contributed by atoms with E-state index in [0.29, 0.717) is 26.3 Å². The predicted molar refractivity (Wildman–Crippen MR) is 51.8 cm³/mol. The molecule has 7 heteroatoms. The van der Waals surface area contributed by atoms with E-state index in [0.717, 1.165) is 0 Å². The van der Waals surface area contributed by atoms with Crippen molar-refractivity contribution in [1.82, 2.24) is 9.80 Å². The van der Waals surface area contributed by atoms with E-state index in [-0.39, 0.29) is 13.1 Å². The number of nitrogens with zero attached hydrogens (tertiary/aromatic N) is 2. The lowest BCUT2D eigenvalue weighted by Crippen LogP contribution is -2.41. The molecule has 1 N–H and O–H groups in total. The molecule has 0 aromatic rings. The van der Waals surface area contributed by atoms with Gasteiger partial charge in [0.2, 0.25) is 0 Å². The molecule has 2 aliphatic rings. The number of hydrogen-bond acceptors (Lipinski definition) is 5. The fraction of sp³-hybridized carbons (Fsp3) is 0.778. The number of amides is 2. The first kappa shape index (κ1) is 11.0. The van der Waals surface area contributed by atoms with Crippen LogP contribution in [0, 0.1) is 0 Å². The summed E-state index contributed by atoms with van der Waals surface area (Å²) in [4.78, 5) is 25.0. The fourth-order valence-electron chi connectivity index (χ4n) is 1.75. The summed E-state index contributed by atoms with van der Waals surface area (Å²) in [5.74, 6) is 0. The number of aliphatic hydroxyl groups is 1. The number of carbonyl (C=O) groups excluding carboxylic acids is 2. The average molecular weight is 230 g/mol. The first-order valence-corrected chi connectivity index (χ1v) is 5.18. The summed E-state index contributed by atoms with van der Waals surface area (Å²) in [5, 5.41) is 9.71. The summed E-state index contributed by atoms with van der Waals surface area (Å²) >= 11 is 0. The monoisotopic (exact) mass is 230 g/mol. The molecule has 2 saturated heterocycles. The molecule has 2 rings (SSSR count). The molecule has 0 bridgehead atoms. The Bertz CT molecular complexity index is 268. The maximum atomic E-state index is 11.1. The average Bonchev–Trinajstić information content (AvgIpc) is 2.79. The van der Waals surface area contributed by atoms with Crippen molar-refractivity contribution in [2.75, 3.05) is 39.4 Å². The van der Waals surface area contributed by atoms with Crippen LogP contribution < -0.4 is 0 Å². The van der Waals surface area contributed by atoms with Gasteiger partial charge in [-0.05, 0) is 0 Å². The standard InChI is InChI=1S/C9H14N2O5/c12-7(5-10-1-3-15-8(10)13)6-11-2-4-16-9(11)14/h7,12H,1-6H2. The second kappa shape index (κ2) is 4.56. The normalized spacial score (nSPS) is 20.6. The molecule has 0 spiro atoms. The van der Waals surface area contributed by atoms with Gasteiger partial charge in [0.15, 0.2) is 0 Å². The summed E-state index contributed by atoms with van der Waals surface area (Å²) in [5.41, 5.74) is 0. The van der Waals surface area contributed by atoms with Gasteiger partial charge in [-0.15, -0.1) is 0 Å². The number of carbonyl (C=O) groups is 2. The van der Waals surface area contributed by atoms with Crippen LogP contribution in [0.25, 0.3) is 0 Å². The van der Waals surface area contributed by atoms with Crippen LogP contribution in [0.4, 0.5) is 9.59 Å². The molecule has 2 aliphatic heterocycles. The highest BCUT2D eigenvalue weighted by molar-refractivity contribution is 5.70. The van der Waals surface area contributed by atoms with Gasteiger partial charge in [0, 0.05) is 0 Å². The van der Waals surface area contributed by atoms with Crippen molar-refractivity contribution >= 4 is 12.2 Å². The van der Waals surface area contributed by atoms with Crippen molar-refractivity contribution in [2.45, 2.75) is 6.10 Å². The van der Waals surface area contributed by atoms with E-state index in [2.05, 4.69) is 0 Å². The van der Waals surface area contributed by atoms with Crippen molar-refractivity contribution in [2.24, 2.45) is 0 Å². The van der Waals surface area contributed by atoms with Gasteiger partial charge in [-0.25, -0.2) is 9.59 Å². The predicted octanol–water partition coefficient (Wildman–Crippen LogP) is -0.748. The molecule has 0 aromatic heterocycles. The van der Waals surface area contributed by atoms with Gasteiger partial charge in [0.05, 0.1) is 32.3 Å². The largest absolute Gasteiger partial charge is 0.448 e. The highest BCUT2D eigenvalue weighted by Crippen LogP contribution is 2.08. The van der Waals surface area contributed by atoms with Crippen LogP contribution in [-0.2, 0) is 9.47 Å². The Labute approximate surface area is 92.5 Å². The minimum absolute atomic E-state index is 0.183. The molecule has 16 heavy (non-hydrogen) atoms. The fourth-order valence-corrected chi connectivity index (χ4v) is 1.75. The lowest BCUT2D eigenvalue weighted by molar-refractivity contribution is 0.0922. The van der Waals surface area contributed by atoms with Gasteiger partial charge in [0.25, 0.3) is 0 Å². The van der Waals surface area contributed by atoms with E-state index < -0.39 is 18.3 Å². The van der Waals surface area contributed by atoms with E-state index in [1.165, 1.54) is 9.80 Å². The molecular weight excluding hydrogens is 216 g/mol. The summed E-state index contributed by atoms with van der Waals surface area (Å²) < 4.78 is 9.46. The summed E-state index contributed by atoms with van der Waals surface area (Å²) in [7, 11) is 0. The second-order valence-electron chi connectivity index (χ2n) is 3.77.